The van der Waals surface area contributed by atoms with Crippen LogP contribution in [0.25, 0.3) is 0 Å². The van der Waals surface area contributed by atoms with Crippen molar-refractivity contribution in [1.29, 1.82) is 0 Å². The van der Waals surface area contributed by atoms with E-state index >= 15 is 0 Å². The van der Waals surface area contributed by atoms with Crippen LogP contribution in [0.4, 0.5) is 18.9 Å². The lowest BCUT2D eigenvalue weighted by atomic mass is 9.88. The molecule has 2 bridgehead atoms. The van der Waals surface area contributed by atoms with Gasteiger partial charge >= 0.3 is 0 Å². The Kier molecular flexibility index (Phi) is 5.68. The second-order valence-corrected chi connectivity index (χ2v) is 11.2. The molecule has 34 heavy (non-hydrogen) atoms. The zero-order chi connectivity index (χ0) is 24.2. The molecule has 2 aliphatic carbocycles. The molecule has 0 spiro atoms. The van der Waals surface area contributed by atoms with Crippen molar-refractivity contribution in [2.75, 3.05) is 5.32 Å². The van der Waals surface area contributed by atoms with E-state index < -0.39 is 38.4 Å². The van der Waals surface area contributed by atoms with E-state index in [1.807, 2.05) is 0 Å². The van der Waals surface area contributed by atoms with Crippen LogP contribution in [0.2, 0.25) is 5.02 Å². The van der Waals surface area contributed by atoms with Gasteiger partial charge in [0.05, 0.1) is 15.2 Å². The van der Waals surface area contributed by atoms with Crippen LogP contribution in [-0.2, 0) is 9.84 Å². The Balaban J connectivity index is 1.44. The van der Waals surface area contributed by atoms with Crippen LogP contribution in [0.5, 0.6) is 0 Å². The SMILES string of the molecule is O=C(Nc1cc(F)c(F)c(F)c1)c1ccc(Cl)c(S(=O)(=O)[C@@H]2C3CCC2[C@H](c2ncc[nH]2)C3)c1. The second kappa shape index (κ2) is 8.42. The fourth-order valence-electron chi connectivity index (χ4n) is 5.39. The van der Waals surface area contributed by atoms with Crippen LogP contribution < -0.4 is 5.32 Å². The van der Waals surface area contributed by atoms with Gasteiger partial charge < -0.3 is 10.3 Å². The van der Waals surface area contributed by atoms with Crippen LogP contribution in [0, 0.1) is 29.3 Å². The van der Waals surface area contributed by atoms with Gasteiger partial charge in [0.2, 0.25) is 0 Å². The first-order valence-electron chi connectivity index (χ1n) is 10.7. The highest BCUT2D eigenvalue weighted by Gasteiger charge is 2.55. The number of benzene rings is 2. The normalized spacial score (nSPS) is 23.9. The minimum Gasteiger partial charge on any atom is -0.348 e. The number of fused-ring (bicyclic) bond motifs is 2. The maximum absolute atomic E-state index is 13.7. The smallest absolute Gasteiger partial charge is 0.255 e. The van der Waals surface area contributed by atoms with Gasteiger partial charge in [0.1, 0.15) is 5.82 Å². The van der Waals surface area contributed by atoms with Gasteiger partial charge in [0, 0.05) is 41.7 Å². The third kappa shape index (κ3) is 3.78. The number of hydrogen-bond donors (Lipinski definition) is 2. The van der Waals surface area contributed by atoms with E-state index in [-0.39, 0.29) is 38.9 Å². The molecule has 2 fully saturated rings. The molecule has 11 heteroatoms. The van der Waals surface area contributed by atoms with Crippen LogP contribution in [0.3, 0.4) is 0 Å². The number of imidazole rings is 1. The number of carbonyl (C=O) groups is 1. The number of anilines is 1. The number of amides is 1. The minimum atomic E-state index is -3.90. The lowest BCUT2D eigenvalue weighted by molar-refractivity contribution is 0.102. The van der Waals surface area contributed by atoms with Gasteiger partial charge in [0.15, 0.2) is 27.3 Å². The van der Waals surface area contributed by atoms with E-state index in [1.54, 1.807) is 12.4 Å². The lowest BCUT2D eigenvalue weighted by Crippen LogP contribution is -2.28. The van der Waals surface area contributed by atoms with Gasteiger partial charge in [-0.05, 0) is 49.3 Å². The van der Waals surface area contributed by atoms with Crippen molar-refractivity contribution in [2.24, 2.45) is 11.8 Å². The fraction of sp³-hybridized carbons (Fsp3) is 0.304. The summed E-state index contributed by atoms with van der Waals surface area (Å²) in [5, 5.41) is 1.58. The second-order valence-electron chi connectivity index (χ2n) is 8.68. The van der Waals surface area contributed by atoms with Gasteiger partial charge in [-0.15, -0.1) is 0 Å². The topological polar surface area (TPSA) is 91.9 Å². The number of hydrogen-bond acceptors (Lipinski definition) is 4. The molecule has 5 rings (SSSR count). The Morgan fingerprint density at radius 2 is 1.85 bits per heavy atom. The third-order valence-corrected chi connectivity index (χ3v) is 9.64. The molecule has 2 aromatic carbocycles. The van der Waals surface area contributed by atoms with Gasteiger partial charge in [-0.1, -0.05) is 11.6 Å². The molecule has 1 heterocycles. The van der Waals surface area contributed by atoms with E-state index in [0.717, 1.165) is 18.7 Å². The average Bonchev–Trinajstić information content (AvgIpc) is 3.54. The first-order valence-corrected chi connectivity index (χ1v) is 12.6. The Hall–Kier alpha value is -2.85. The first-order chi connectivity index (χ1) is 16.2. The molecule has 178 valence electrons. The lowest BCUT2D eigenvalue weighted by Gasteiger charge is -2.21. The number of aromatic nitrogens is 2. The molecular weight excluding hydrogens is 491 g/mol. The van der Waals surface area contributed by atoms with Crippen molar-refractivity contribution in [2.45, 2.75) is 35.3 Å². The monoisotopic (exact) mass is 509 g/mol. The minimum absolute atomic E-state index is 0.00190. The molecule has 2 unspecified atom stereocenters. The van der Waals surface area contributed by atoms with Crippen molar-refractivity contribution in [1.82, 2.24) is 9.97 Å². The van der Waals surface area contributed by atoms with Crippen molar-refractivity contribution in [3.05, 3.63) is 76.6 Å². The molecule has 1 aromatic heterocycles. The Morgan fingerprint density at radius 3 is 2.53 bits per heavy atom. The quantitative estimate of drug-likeness (QED) is 0.469. The van der Waals surface area contributed by atoms with Crippen LogP contribution in [0.1, 0.15) is 41.4 Å². The van der Waals surface area contributed by atoms with E-state index in [1.165, 1.54) is 18.2 Å². The molecule has 4 atom stereocenters. The van der Waals surface area contributed by atoms with Crippen LogP contribution in [-0.4, -0.2) is 29.5 Å². The number of rotatable bonds is 5. The standard InChI is InChI=1S/C23H19ClF3N3O3S/c24-16-4-2-12(23(31)30-13-9-17(25)20(27)18(26)10-13)8-19(16)34(32,33)21-11-1-3-14(21)15(7-11)22-28-5-6-29-22/h2,4-6,8-11,14-15,21H,1,3,7H2,(H,28,29)(H,30,31)/t11?,14?,15-,21-/m1/s1. The number of aromatic amines is 1. The maximum Gasteiger partial charge on any atom is 0.255 e. The third-order valence-electron chi connectivity index (χ3n) is 6.80. The van der Waals surface area contributed by atoms with E-state index in [9.17, 15) is 26.4 Å². The summed E-state index contributed by atoms with van der Waals surface area (Å²) in [5.41, 5.74) is -0.378. The summed E-state index contributed by atoms with van der Waals surface area (Å²) in [6.45, 7) is 0. The zero-order valence-corrected chi connectivity index (χ0v) is 19.1. The molecule has 2 saturated carbocycles. The highest BCUT2D eigenvalue weighted by Crippen LogP contribution is 2.56. The predicted molar refractivity (Wildman–Crippen MR) is 119 cm³/mol. The van der Waals surface area contributed by atoms with Crippen LogP contribution in [0.15, 0.2) is 47.6 Å². The number of halogens is 4. The molecule has 1 amide bonds. The van der Waals surface area contributed by atoms with E-state index in [4.69, 9.17) is 11.6 Å². The molecule has 3 aromatic rings. The number of carbonyl (C=O) groups excluding carboxylic acids is 1. The summed E-state index contributed by atoms with van der Waals surface area (Å²) >= 11 is 6.26. The first kappa shape index (κ1) is 22.9. The average molecular weight is 510 g/mol. The molecule has 0 radical (unpaired) electrons. The van der Waals surface area contributed by atoms with Crippen molar-refractivity contribution in [3.63, 3.8) is 0 Å². The predicted octanol–water partition coefficient (Wildman–Crippen LogP) is 5.09. The van der Waals surface area contributed by atoms with Crippen molar-refractivity contribution < 1.29 is 26.4 Å². The highest BCUT2D eigenvalue weighted by molar-refractivity contribution is 7.92. The Labute approximate surface area is 198 Å². The zero-order valence-electron chi connectivity index (χ0n) is 17.6. The largest absolute Gasteiger partial charge is 0.348 e. The number of nitrogens with zero attached hydrogens (tertiary/aromatic N) is 1. The summed E-state index contributed by atoms with van der Waals surface area (Å²) in [5.74, 6) is -4.80. The number of H-pyrrole nitrogens is 1. The van der Waals surface area contributed by atoms with Crippen molar-refractivity contribution in [3.8, 4) is 0 Å². The number of nitrogens with one attached hydrogen (secondary N) is 2. The fourth-order valence-corrected chi connectivity index (χ4v) is 8.29. The molecular formula is C23H19ClF3N3O3S. The Morgan fingerprint density at radius 1 is 1.12 bits per heavy atom. The van der Waals surface area contributed by atoms with Gasteiger partial charge in [-0.2, -0.15) is 0 Å². The highest BCUT2D eigenvalue weighted by atomic mass is 35.5. The van der Waals surface area contributed by atoms with Crippen molar-refractivity contribution >= 4 is 33.0 Å². The number of sulfone groups is 1. The summed E-state index contributed by atoms with van der Waals surface area (Å²) < 4.78 is 67.6. The molecule has 0 saturated heterocycles. The summed E-state index contributed by atoms with van der Waals surface area (Å²) in [4.78, 5) is 19.9. The maximum atomic E-state index is 13.7. The van der Waals surface area contributed by atoms with E-state index in [0.29, 0.717) is 18.6 Å². The van der Waals surface area contributed by atoms with Gasteiger partial charge in [-0.3, -0.25) is 4.79 Å². The van der Waals surface area contributed by atoms with E-state index in [2.05, 4.69) is 15.3 Å². The Bertz CT molecular complexity index is 1360. The van der Waals surface area contributed by atoms with Gasteiger partial charge in [0.25, 0.3) is 5.91 Å². The summed E-state index contributed by atoms with van der Waals surface area (Å²) in [7, 11) is -3.90. The summed E-state index contributed by atoms with van der Waals surface area (Å²) in [6, 6.07) is 5.05. The molecule has 2 N–H and O–H groups in total. The molecule has 0 aliphatic heterocycles. The molecule has 2 aliphatic rings. The van der Waals surface area contributed by atoms with Gasteiger partial charge in [-0.25, -0.2) is 26.6 Å². The summed E-state index contributed by atoms with van der Waals surface area (Å²) in [6.07, 6.45) is 5.58. The van der Waals surface area contributed by atoms with Crippen LogP contribution >= 0.6 is 11.6 Å². The molecule has 6 nitrogen and oxygen atoms in total.